The normalized spacial score (nSPS) is 33.2. The van der Waals surface area contributed by atoms with E-state index in [2.05, 4.69) is 19.9 Å². The van der Waals surface area contributed by atoms with Crippen molar-refractivity contribution in [1.29, 1.82) is 0 Å². The fourth-order valence-corrected chi connectivity index (χ4v) is 2.78. The summed E-state index contributed by atoms with van der Waals surface area (Å²) in [7, 11) is 0. The van der Waals surface area contributed by atoms with Gasteiger partial charge in [-0.1, -0.05) is 26.3 Å². The standard InChI is InChI=1S/C15H26O2/c1-12(2)11-13-7-3-4-8-14(13)17-15-9-5-6-10-16-15/h11-12,14-15H,3-10H2,1-2H3/b13-11-/t14-,15-/m0/s1. The lowest BCUT2D eigenvalue weighted by Gasteiger charge is -2.32. The van der Waals surface area contributed by atoms with Crippen LogP contribution in [0.25, 0.3) is 0 Å². The molecule has 0 bridgehead atoms. The van der Waals surface area contributed by atoms with Crippen molar-refractivity contribution in [3.63, 3.8) is 0 Å². The van der Waals surface area contributed by atoms with E-state index in [0.29, 0.717) is 12.0 Å². The lowest BCUT2D eigenvalue weighted by molar-refractivity contribution is -0.183. The topological polar surface area (TPSA) is 18.5 Å². The second kappa shape index (κ2) is 6.55. The highest BCUT2D eigenvalue weighted by Gasteiger charge is 2.24. The van der Waals surface area contributed by atoms with Crippen molar-refractivity contribution < 1.29 is 9.47 Å². The first-order chi connectivity index (χ1) is 8.25. The van der Waals surface area contributed by atoms with E-state index in [1.54, 1.807) is 0 Å². The number of ether oxygens (including phenoxy) is 2. The molecule has 0 radical (unpaired) electrons. The van der Waals surface area contributed by atoms with Crippen molar-refractivity contribution in [3.8, 4) is 0 Å². The third kappa shape index (κ3) is 4.11. The molecule has 1 saturated carbocycles. The molecule has 0 aromatic carbocycles. The Balaban J connectivity index is 1.91. The molecule has 0 N–H and O–H groups in total. The summed E-state index contributed by atoms with van der Waals surface area (Å²) < 4.78 is 11.8. The molecule has 2 atom stereocenters. The Morgan fingerprint density at radius 2 is 2.00 bits per heavy atom. The van der Waals surface area contributed by atoms with Crippen molar-refractivity contribution in [2.45, 2.75) is 71.2 Å². The fraction of sp³-hybridized carbons (Fsp3) is 0.867. The molecule has 2 fully saturated rings. The lowest BCUT2D eigenvalue weighted by atomic mass is 9.90. The van der Waals surface area contributed by atoms with Gasteiger partial charge in [-0.2, -0.15) is 0 Å². The second-order valence-corrected chi connectivity index (χ2v) is 5.65. The summed E-state index contributed by atoms with van der Waals surface area (Å²) in [6, 6.07) is 0. The Kier molecular flexibility index (Phi) is 5.05. The van der Waals surface area contributed by atoms with E-state index in [1.807, 2.05) is 0 Å². The van der Waals surface area contributed by atoms with Crippen molar-refractivity contribution in [1.82, 2.24) is 0 Å². The molecule has 1 aliphatic heterocycles. The molecule has 0 unspecified atom stereocenters. The Morgan fingerprint density at radius 1 is 1.18 bits per heavy atom. The van der Waals surface area contributed by atoms with Crippen molar-refractivity contribution in [2.24, 2.45) is 5.92 Å². The minimum absolute atomic E-state index is 0.0578. The van der Waals surface area contributed by atoms with Crippen LogP contribution < -0.4 is 0 Å². The van der Waals surface area contributed by atoms with E-state index in [0.717, 1.165) is 13.0 Å². The average molecular weight is 238 g/mol. The Morgan fingerprint density at radius 3 is 2.71 bits per heavy atom. The third-order valence-corrected chi connectivity index (χ3v) is 3.60. The van der Waals surface area contributed by atoms with Gasteiger partial charge in [-0.05, 0) is 50.0 Å². The second-order valence-electron chi connectivity index (χ2n) is 5.65. The summed E-state index contributed by atoms with van der Waals surface area (Å²) >= 11 is 0. The molecule has 0 aromatic rings. The molecule has 2 rings (SSSR count). The first-order valence-electron chi connectivity index (χ1n) is 7.23. The van der Waals surface area contributed by atoms with Gasteiger partial charge in [-0.3, -0.25) is 0 Å². The van der Waals surface area contributed by atoms with Gasteiger partial charge in [0, 0.05) is 6.61 Å². The zero-order valence-corrected chi connectivity index (χ0v) is 11.3. The highest BCUT2D eigenvalue weighted by atomic mass is 16.7. The minimum atomic E-state index is 0.0578. The van der Waals surface area contributed by atoms with Crippen LogP contribution in [-0.2, 0) is 9.47 Å². The van der Waals surface area contributed by atoms with Gasteiger partial charge in [0.15, 0.2) is 6.29 Å². The van der Waals surface area contributed by atoms with Crippen LogP contribution in [0.1, 0.15) is 58.8 Å². The van der Waals surface area contributed by atoms with Crippen LogP contribution in [0.2, 0.25) is 0 Å². The number of hydrogen-bond donors (Lipinski definition) is 0. The summed E-state index contributed by atoms with van der Waals surface area (Å²) in [6.45, 7) is 5.37. The summed E-state index contributed by atoms with van der Waals surface area (Å²) in [6.07, 6.45) is 11.3. The lowest BCUT2D eigenvalue weighted by Crippen LogP contribution is -2.30. The summed E-state index contributed by atoms with van der Waals surface area (Å²) in [5, 5.41) is 0. The van der Waals surface area contributed by atoms with Crippen LogP contribution in [0.4, 0.5) is 0 Å². The number of rotatable bonds is 3. The van der Waals surface area contributed by atoms with Gasteiger partial charge in [-0.15, -0.1) is 0 Å². The molecule has 2 aliphatic rings. The molecule has 1 aliphatic carbocycles. The van der Waals surface area contributed by atoms with Crippen LogP contribution in [0.5, 0.6) is 0 Å². The number of hydrogen-bond acceptors (Lipinski definition) is 2. The first kappa shape index (κ1) is 13.1. The van der Waals surface area contributed by atoms with Gasteiger partial charge in [0.05, 0.1) is 6.10 Å². The van der Waals surface area contributed by atoms with Gasteiger partial charge in [0.1, 0.15) is 0 Å². The molecule has 1 saturated heterocycles. The monoisotopic (exact) mass is 238 g/mol. The smallest absolute Gasteiger partial charge is 0.158 e. The van der Waals surface area contributed by atoms with Crippen LogP contribution in [0, 0.1) is 5.92 Å². The molecule has 0 spiro atoms. The average Bonchev–Trinajstić information content (AvgIpc) is 2.32. The molecule has 0 amide bonds. The summed E-state index contributed by atoms with van der Waals surface area (Å²) in [5.74, 6) is 0.626. The van der Waals surface area contributed by atoms with Crippen LogP contribution >= 0.6 is 0 Å². The molecule has 17 heavy (non-hydrogen) atoms. The first-order valence-corrected chi connectivity index (χ1v) is 7.23. The SMILES string of the molecule is CC(C)/C=C1/CCCC[C@@H]1O[C@H]1CCCCO1. The van der Waals surface area contributed by atoms with E-state index >= 15 is 0 Å². The maximum atomic E-state index is 6.16. The Labute approximate surface area is 105 Å². The van der Waals surface area contributed by atoms with E-state index in [1.165, 1.54) is 44.1 Å². The van der Waals surface area contributed by atoms with Crippen LogP contribution in [0.3, 0.4) is 0 Å². The van der Waals surface area contributed by atoms with Crippen LogP contribution in [0.15, 0.2) is 11.6 Å². The molecule has 2 heteroatoms. The predicted octanol–water partition coefficient (Wildman–Crippen LogP) is 4.05. The maximum absolute atomic E-state index is 6.16. The highest BCUT2D eigenvalue weighted by Crippen LogP contribution is 2.29. The van der Waals surface area contributed by atoms with Gasteiger partial charge in [0.2, 0.25) is 0 Å². The summed E-state index contributed by atoms with van der Waals surface area (Å²) in [5.41, 5.74) is 1.51. The Bertz CT molecular complexity index is 252. The third-order valence-electron chi connectivity index (χ3n) is 3.60. The molecular weight excluding hydrogens is 212 g/mol. The van der Waals surface area contributed by atoms with Crippen molar-refractivity contribution in [3.05, 3.63) is 11.6 Å². The largest absolute Gasteiger partial charge is 0.353 e. The van der Waals surface area contributed by atoms with E-state index in [9.17, 15) is 0 Å². The molecule has 2 nitrogen and oxygen atoms in total. The number of allylic oxidation sites excluding steroid dienone is 1. The molecular formula is C15H26O2. The van der Waals surface area contributed by atoms with E-state index < -0.39 is 0 Å². The summed E-state index contributed by atoms with van der Waals surface area (Å²) in [4.78, 5) is 0. The zero-order chi connectivity index (χ0) is 12.1. The van der Waals surface area contributed by atoms with E-state index in [-0.39, 0.29) is 6.29 Å². The minimum Gasteiger partial charge on any atom is -0.353 e. The van der Waals surface area contributed by atoms with Crippen LogP contribution in [-0.4, -0.2) is 19.0 Å². The van der Waals surface area contributed by atoms with E-state index in [4.69, 9.17) is 9.47 Å². The van der Waals surface area contributed by atoms with Gasteiger partial charge >= 0.3 is 0 Å². The highest BCUT2D eigenvalue weighted by molar-refractivity contribution is 5.12. The molecule has 1 heterocycles. The van der Waals surface area contributed by atoms with Crippen molar-refractivity contribution >= 4 is 0 Å². The van der Waals surface area contributed by atoms with Gasteiger partial charge in [0.25, 0.3) is 0 Å². The molecule has 98 valence electrons. The fourth-order valence-electron chi connectivity index (χ4n) is 2.78. The maximum Gasteiger partial charge on any atom is 0.158 e. The van der Waals surface area contributed by atoms with Gasteiger partial charge in [-0.25, -0.2) is 0 Å². The predicted molar refractivity (Wildman–Crippen MR) is 69.9 cm³/mol. The molecule has 0 aromatic heterocycles. The quantitative estimate of drug-likeness (QED) is 0.690. The van der Waals surface area contributed by atoms with Crippen molar-refractivity contribution in [2.75, 3.05) is 6.61 Å². The van der Waals surface area contributed by atoms with Gasteiger partial charge < -0.3 is 9.47 Å². The zero-order valence-electron chi connectivity index (χ0n) is 11.3. The Hall–Kier alpha value is -0.340.